The maximum atomic E-state index is 13.2. The summed E-state index contributed by atoms with van der Waals surface area (Å²) < 4.78 is 70.5. The van der Waals surface area contributed by atoms with Crippen LogP contribution in [0.25, 0.3) is 0 Å². The van der Waals surface area contributed by atoms with Gasteiger partial charge in [-0.2, -0.15) is 0 Å². The first kappa shape index (κ1) is 24.8. The molecular formula is C23H31F3N4O4S. The Bertz CT molecular complexity index is 1070. The van der Waals surface area contributed by atoms with Gasteiger partial charge in [0.15, 0.2) is 0 Å². The highest BCUT2D eigenvalue weighted by atomic mass is 32.2. The van der Waals surface area contributed by atoms with Gasteiger partial charge in [-0.3, -0.25) is 4.79 Å². The second kappa shape index (κ2) is 8.60. The van der Waals surface area contributed by atoms with Gasteiger partial charge in [0.25, 0.3) is 0 Å². The molecule has 5 aliphatic rings. The molecule has 1 aliphatic heterocycles. The fourth-order valence-corrected chi connectivity index (χ4v) is 8.64. The molecule has 1 amide bonds. The molecule has 194 valence electrons. The average molecular weight is 517 g/mol. The van der Waals surface area contributed by atoms with Crippen LogP contribution in [-0.2, 0) is 14.8 Å². The Kier molecular flexibility index (Phi) is 6.09. The monoisotopic (exact) mass is 516 g/mol. The number of carbonyl (C=O) groups excluding carboxylic acids is 1. The van der Waals surface area contributed by atoms with E-state index in [1.165, 1.54) is 0 Å². The molecule has 12 heteroatoms. The van der Waals surface area contributed by atoms with Gasteiger partial charge in [0.2, 0.25) is 15.9 Å². The standard InChI is InChI=1S/C23H31F3N4O4S/c24-23(25,26)34-17-3-5-18(6-4-17)35(32,33)29-22-11-15-8-16(12-22)10-21(9-15,14-22)28-13-20(31)30-7-1-2-19(30)27/h3-6,15-16,19,28-29H,1-2,7-14,27H2/t15?,16?,19-,21?,22?/m0/s1. The molecule has 2 unspecified atom stereocenters. The first-order valence-corrected chi connectivity index (χ1v) is 13.5. The van der Waals surface area contributed by atoms with E-state index >= 15 is 0 Å². The quantitative estimate of drug-likeness (QED) is 0.513. The molecule has 1 aromatic carbocycles. The molecule has 1 heterocycles. The third-order valence-corrected chi connectivity index (χ3v) is 9.61. The Hall–Kier alpha value is -1.89. The van der Waals surface area contributed by atoms with Crippen LogP contribution < -0.4 is 20.5 Å². The van der Waals surface area contributed by atoms with Crippen molar-refractivity contribution in [2.24, 2.45) is 17.6 Å². The maximum Gasteiger partial charge on any atom is 0.573 e. The van der Waals surface area contributed by atoms with Gasteiger partial charge in [-0.05, 0) is 87.5 Å². The zero-order valence-corrected chi connectivity index (χ0v) is 20.1. The van der Waals surface area contributed by atoms with Gasteiger partial charge < -0.3 is 20.7 Å². The molecule has 1 aromatic rings. The summed E-state index contributed by atoms with van der Waals surface area (Å²) in [6.45, 7) is 0.840. The second-order valence-electron chi connectivity index (χ2n) is 10.8. The van der Waals surface area contributed by atoms with Crippen molar-refractivity contribution < 1.29 is 31.1 Å². The number of nitrogens with one attached hydrogen (secondary N) is 2. The van der Waals surface area contributed by atoms with E-state index in [1.807, 2.05) is 0 Å². The number of rotatable bonds is 7. The van der Waals surface area contributed by atoms with E-state index in [2.05, 4.69) is 14.8 Å². The van der Waals surface area contributed by atoms with Crippen LogP contribution in [0.5, 0.6) is 5.75 Å². The highest BCUT2D eigenvalue weighted by Gasteiger charge is 2.58. The van der Waals surface area contributed by atoms with E-state index in [9.17, 15) is 26.4 Å². The van der Waals surface area contributed by atoms with Gasteiger partial charge in [0, 0.05) is 17.6 Å². The van der Waals surface area contributed by atoms with Crippen LogP contribution in [0, 0.1) is 11.8 Å². The van der Waals surface area contributed by atoms with Gasteiger partial charge >= 0.3 is 6.36 Å². The number of nitrogens with two attached hydrogens (primary N) is 1. The lowest BCUT2D eigenvalue weighted by Gasteiger charge is -2.62. The molecule has 8 nitrogen and oxygen atoms in total. The highest BCUT2D eigenvalue weighted by molar-refractivity contribution is 7.89. The number of ether oxygens (including phenoxy) is 1. The topological polar surface area (TPSA) is 114 Å². The van der Waals surface area contributed by atoms with Crippen molar-refractivity contribution in [2.45, 2.75) is 79.9 Å². The van der Waals surface area contributed by atoms with Crippen molar-refractivity contribution in [3.8, 4) is 5.75 Å². The van der Waals surface area contributed by atoms with Crippen molar-refractivity contribution in [2.75, 3.05) is 13.1 Å². The van der Waals surface area contributed by atoms with E-state index in [0.29, 0.717) is 37.6 Å². The molecule has 3 atom stereocenters. The smallest absolute Gasteiger partial charge is 0.406 e. The Balaban J connectivity index is 1.29. The number of hydrogen-bond donors (Lipinski definition) is 3. The molecule has 0 radical (unpaired) electrons. The van der Waals surface area contributed by atoms with Crippen LogP contribution in [0.4, 0.5) is 13.2 Å². The van der Waals surface area contributed by atoms with Crippen LogP contribution in [0.15, 0.2) is 29.2 Å². The predicted octanol–water partition coefficient (Wildman–Crippen LogP) is 2.45. The number of halogens is 3. The van der Waals surface area contributed by atoms with Crippen molar-refractivity contribution >= 4 is 15.9 Å². The zero-order chi connectivity index (χ0) is 25.1. The lowest BCUT2D eigenvalue weighted by Crippen LogP contribution is -2.69. The Morgan fingerprint density at radius 1 is 1.11 bits per heavy atom. The first-order chi connectivity index (χ1) is 16.4. The molecule has 0 spiro atoms. The molecule has 4 N–H and O–H groups in total. The van der Waals surface area contributed by atoms with Gasteiger partial charge in [-0.15, -0.1) is 13.2 Å². The average Bonchev–Trinajstić information content (AvgIpc) is 3.15. The fraction of sp³-hybridized carbons (Fsp3) is 0.696. The third kappa shape index (κ3) is 5.16. The molecular weight excluding hydrogens is 485 g/mol. The van der Waals surface area contributed by atoms with Gasteiger partial charge in [0.05, 0.1) is 17.6 Å². The summed E-state index contributed by atoms with van der Waals surface area (Å²) in [5, 5.41) is 3.50. The number of benzene rings is 1. The lowest BCUT2D eigenvalue weighted by atomic mass is 9.50. The Morgan fingerprint density at radius 3 is 2.31 bits per heavy atom. The minimum Gasteiger partial charge on any atom is -0.406 e. The normalized spacial score (nSPS) is 34.4. The summed E-state index contributed by atoms with van der Waals surface area (Å²) in [5.41, 5.74) is 5.07. The minimum absolute atomic E-state index is 0.0264. The molecule has 4 saturated carbocycles. The molecule has 6 rings (SSSR count). The van der Waals surface area contributed by atoms with Crippen LogP contribution in [0.3, 0.4) is 0 Å². The van der Waals surface area contributed by atoms with E-state index in [4.69, 9.17) is 5.73 Å². The maximum absolute atomic E-state index is 13.2. The third-order valence-electron chi connectivity index (χ3n) is 8.01. The number of carbonyl (C=O) groups is 1. The molecule has 5 fully saturated rings. The SMILES string of the molecule is N[C@@H]1CCCN1C(=O)CNC12CC3CC(C1)CC(NS(=O)(=O)c1ccc(OC(F)(F)F)cc1)(C3)C2. The number of sulfonamides is 1. The molecule has 4 aliphatic carbocycles. The van der Waals surface area contributed by atoms with Gasteiger partial charge in [0.1, 0.15) is 5.75 Å². The van der Waals surface area contributed by atoms with Crippen LogP contribution in [-0.4, -0.2) is 55.9 Å². The van der Waals surface area contributed by atoms with Crippen LogP contribution in [0.2, 0.25) is 0 Å². The largest absolute Gasteiger partial charge is 0.573 e. The van der Waals surface area contributed by atoms with Crippen LogP contribution >= 0.6 is 0 Å². The number of nitrogens with zero attached hydrogens (tertiary/aromatic N) is 1. The summed E-state index contributed by atoms with van der Waals surface area (Å²) in [6, 6.07) is 4.24. The number of hydrogen-bond acceptors (Lipinski definition) is 6. The predicted molar refractivity (Wildman–Crippen MR) is 121 cm³/mol. The lowest BCUT2D eigenvalue weighted by molar-refractivity contribution is -0.274. The van der Waals surface area contributed by atoms with E-state index in [-0.39, 0.29) is 29.1 Å². The van der Waals surface area contributed by atoms with Crippen molar-refractivity contribution in [1.29, 1.82) is 0 Å². The fourth-order valence-electron chi connectivity index (χ4n) is 7.22. The number of amides is 1. The zero-order valence-electron chi connectivity index (χ0n) is 19.3. The summed E-state index contributed by atoms with van der Waals surface area (Å²) in [6.07, 6.45) is 1.45. The summed E-state index contributed by atoms with van der Waals surface area (Å²) in [5.74, 6) is 0.189. The second-order valence-corrected chi connectivity index (χ2v) is 12.5. The minimum atomic E-state index is -4.85. The molecule has 1 saturated heterocycles. The Labute approximate surface area is 202 Å². The highest BCUT2D eigenvalue weighted by Crippen LogP contribution is 2.57. The number of likely N-dealkylation sites (tertiary alicyclic amines) is 1. The summed E-state index contributed by atoms with van der Waals surface area (Å²) in [4.78, 5) is 14.3. The molecule has 4 bridgehead atoms. The molecule has 0 aromatic heterocycles. The van der Waals surface area contributed by atoms with Crippen molar-refractivity contribution in [1.82, 2.24) is 14.9 Å². The summed E-state index contributed by atoms with van der Waals surface area (Å²) in [7, 11) is -3.97. The van der Waals surface area contributed by atoms with Crippen LogP contribution in [0.1, 0.15) is 51.4 Å². The van der Waals surface area contributed by atoms with E-state index in [0.717, 1.165) is 56.4 Å². The summed E-state index contributed by atoms with van der Waals surface area (Å²) >= 11 is 0. The van der Waals surface area contributed by atoms with Crippen molar-refractivity contribution in [3.63, 3.8) is 0 Å². The first-order valence-electron chi connectivity index (χ1n) is 12.1. The Morgan fingerprint density at radius 2 is 1.74 bits per heavy atom. The van der Waals surface area contributed by atoms with Gasteiger partial charge in [-0.25, -0.2) is 13.1 Å². The molecule has 35 heavy (non-hydrogen) atoms. The van der Waals surface area contributed by atoms with E-state index in [1.54, 1.807) is 4.90 Å². The van der Waals surface area contributed by atoms with Gasteiger partial charge in [-0.1, -0.05) is 0 Å². The van der Waals surface area contributed by atoms with Crippen molar-refractivity contribution in [3.05, 3.63) is 24.3 Å². The van der Waals surface area contributed by atoms with E-state index < -0.39 is 27.7 Å². The number of alkyl halides is 3.